The summed E-state index contributed by atoms with van der Waals surface area (Å²) in [4.78, 5) is 0.442. The Hall–Kier alpha value is -4.56. The fourth-order valence-corrected chi connectivity index (χ4v) is 6.24. The molecule has 0 aliphatic rings. The van der Waals surface area contributed by atoms with Gasteiger partial charge in [-0.05, 0) is 32.4 Å². The van der Waals surface area contributed by atoms with Crippen LogP contribution < -0.4 is 0 Å². The van der Waals surface area contributed by atoms with Gasteiger partial charge in [0.15, 0.2) is 93.1 Å². The molecule has 1 atom stereocenters. The molecule has 1 nitrogen and oxygen atoms in total. The molecular formula is C33H17F20N. The highest BCUT2D eigenvalue weighted by Crippen LogP contribution is 2.54. The molecule has 0 N–H and O–H groups in total. The average molecular weight is 807 g/mol. The predicted octanol–water partition coefficient (Wildman–Crippen LogP) is 11.1. The number of nitrogens with zero attached hydrogens (tertiary/aromatic N) is 1. The van der Waals surface area contributed by atoms with Crippen molar-refractivity contribution in [2.45, 2.75) is 44.6 Å². The summed E-state index contributed by atoms with van der Waals surface area (Å²) in [5.41, 5.74) is -17.1. The van der Waals surface area contributed by atoms with E-state index in [1.54, 1.807) is 0 Å². The van der Waals surface area contributed by atoms with Crippen LogP contribution >= 0.6 is 0 Å². The predicted molar refractivity (Wildman–Crippen MR) is 144 cm³/mol. The minimum absolute atomic E-state index is 0.327. The Labute approximate surface area is 289 Å². The minimum Gasteiger partial charge on any atom is -0.296 e. The van der Waals surface area contributed by atoms with E-state index in [2.05, 4.69) is 0 Å². The van der Waals surface area contributed by atoms with E-state index in [-0.39, 0.29) is 12.8 Å². The Morgan fingerprint density at radius 1 is 0.333 bits per heavy atom. The van der Waals surface area contributed by atoms with Gasteiger partial charge >= 0.3 is 0 Å². The molecule has 4 aromatic rings. The van der Waals surface area contributed by atoms with Gasteiger partial charge in [0.05, 0.1) is 5.41 Å². The van der Waals surface area contributed by atoms with Crippen LogP contribution in [0.4, 0.5) is 87.8 Å². The van der Waals surface area contributed by atoms with Crippen molar-refractivity contribution in [3.8, 4) is 0 Å². The second-order valence-corrected chi connectivity index (χ2v) is 11.5. The topological polar surface area (TPSA) is 3.24 Å². The van der Waals surface area contributed by atoms with Crippen LogP contribution in [0, 0.1) is 116 Å². The Bertz CT molecular complexity index is 1880. The van der Waals surface area contributed by atoms with Gasteiger partial charge in [-0.15, -0.1) is 0 Å². The van der Waals surface area contributed by atoms with Crippen LogP contribution in [-0.4, -0.2) is 18.0 Å². The molecule has 0 saturated heterocycles. The van der Waals surface area contributed by atoms with Crippen molar-refractivity contribution < 1.29 is 87.8 Å². The van der Waals surface area contributed by atoms with E-state index in [1.165, 1.54) is 13.8 Å². The summed E-state index contributed by atoms with van der Waals surface area (Å²) < 4.78 is 303. The Morgan fingerprint density at radius 2 is 0.537 bits per heavy atom. The van der Waals surface area contributed by atoms with Crippen molar-refractivity contribution in [3.05, 3.63) is 139 Å². The summed E-state index contributed by atoms with van der Waals surface area (Å²) in [6.45, 7) is 0.839. The third-order valence-electron chi connectivity index (χ3n) is 8.45. The van der Waals surface area contributed by atoms with E-state index in [0.717, 1.165) is 0 Å². The van der Waals surface area contributed by atoms with Crippen LogP contribution in [-0.2, 0) is 5.41 Å². The molecule has 0 heterocycles. The summed E-state index contributed by atoms with van der Waals surface area (Å²) in [6, 6.07) is -3.20. The van der Waals surface area contributed by atoms with E-state index in [9.17, 15) is 52.7 Å². The molecular weight excluding hydrogens is 790 g/mol. The quantitative estimate of drug-likeness (QED) is 0.0632. The fourth-order valence-electron chi connectivity index (χ4n) is 6.24. The first kappa shape index (κ1) is 42.2. The number of halogens is 20. The van der Waals surface area contributed by atoms with Gasteiger partial charge in [-0.2, -0.15) is 0 Å². The van der Waals surface area contributed by atoms with E-state index in [0.29, 0.717) is 4.90 Å². The number of hydrogen-bond acceptors (Lipinski definition) is 1. The lowest BCUT2D eigenvalue weighted by molar-refractivity contribution is 0.154. The van der Waals surface area contributed by atoms with E-state index in [1.807, 2.05) is 0 Å². The largest absolute Gasteiger partial charge is 0.296 e. The molecule has 0 saturated carbocycles. The SMILES string of the molecule is CCCN(CCC)C(CC(c1c(F)c(F)c(F)c(F)c1F)(c1c(F)c(F)c(F)c(F)c1F)c1c(F)c(F)c(F)c(F)c1F)c1c(F)c(F)c(F)c(F)c1F. The molecule has 1 unspecified atom stereocenters. The zero-order chi connectivity index (χ0) is 41.0. The van der Waals surface area contributed by atoms with Crippen molar-refractivity contribution >= 4 is 0 Å². The lowest BCUT2D eigenvalue weighted by atomic mass is 9.63. The summed E-state index contributed by atoms with van der Waals surface area (Å²) in [7, 11) is 0. The van der Waals surface area contributed by atoms with Gasteiger partial charge in [-0.3, -0.25) is 4.90 Å². The van der Waals surface area contributed by atoms with Crippen molar-refractivity contribution in [1.82, 2.24) is 4.90 Å². The lowest BCUT2D eigenvalue weighted by Gasteiger charge is -2.43. The summed E-state index contributed by atoms with van der Waals surface area (Å²) >= 11 is 0. The Morgan fingerprint density at radius 3 is 0.759 bits per heavy atom. The number of benzene rings is 4. The van der Waals surface area contributed by atoms with Crippen molar-refractivity contribution in [2.24, 2.45) is 0 Å². The van der Waals surface area contributed by atoms with E-state index >= 15 is 35.1 Å². The van der Waals surface area contributed by atoms with Gasteiger partial charge in [0.25, 0.3) is 0 Å². The van der Waals surface area contributed by atoms with Gasteiger partial charge in [0.2, 0.25) is 23.3 Å². The maximum atomic E-state index is 16.0. The molecule has 0 amide bonds. The monoisotopic (exact) mass is 807 g/mol. The van der Waals surface area contributed by atoms with Crippen LogP contribution in [0.3, 0.4) is 0 Å². The van der Waals surface area contributed by atoms with Crippen LogP contribution in [0.25, 0.3) is 0 Å². The number of rotatable bonds is 11. The van der Waals surface area contributed by atoms with Crippen LogP contribution in [0.15, 0.2) is 0 Å². The van der Waals surface area contributed by atoms with Gasteiger partial charge in [0, 0.05) is 28.3 Å². The van der Waals surface area contributed by atoms with Crippen LogP contribution in [0.5, 0.6) is 0 Å². The maximum absolute atomic E-state index is 16.0. The maximum Gasteiger partial charge on any atom is 0.200 e. The molecule has 0 bridgehead atoms. The lowest BCUT2D eigenvalue weighted by Crippen LogP contribution is -2.44. The first-order valence-corrected chi connectivity index (χ1v) is 14.9. The molecule has 0 aliphatic carbocycles. The Balaban J connectivity index is 2.54. The van der Waals surface area contributed by atoms with Crippen molar-refractivity contribution in [2.75, 3.05) is 13.1 Å². The molecule has 0 aromatic heterocycles. The van der Waals surface area contributed by atoms with Crippen LogP contribution in [0.2, 0.25) is 0 Å². The fraction of sp³-hybridized carbons (Fsp3) is 0.273. The molecule has 0 radical (unpaired) electrons. The average Bonchev–Trinajstić information content (AvgIpc) is 3.14. The molecule has 294 valence electrons. The standard InChI is InChI=1S/C33H17F20N/c1-3-5-54(6-4-2)8(9-13(34)21(42)29(50)22(43)14(9)35)7-33(10-15(36)23(44)30(51)24(45)16(10)37,11-17(38)25(46)31(52)26(47)18(11)39)12-19(40)27(48)32(53)28(49)20(12)41/h8H,3-7H2,1-2H3. The highest BCUT2D eigenvalue weighted by Gasteiger charge is 2.55. The Kier molecular flexibility index (Phi) is 11.9. The zero-order valence-corrected chi connectivity index (χ0v) is 26.6. The summed E-state index contributed by atoms with van der Waals surface area (Å²) in [6.07, 6.45) is -3.42. The highest BCUT2D eigenvalue weighted by atomic mass is 19.2. The van der Waals surface area contributed by atoms with Crippen molar-refractivity contribution in [1.29, 1.82) is 0 Å². The smallest absolute Gasteiger partial charge is 0.200 e. The second kappa shape index (κ2) is 15.3. The van der Waals surface area contributed by atoms with Gasteiger partial charge in [-0.1, -0.05) is 13.8 Å². The third kappa shape index (κ3) is 6.20. The summed E-state index contributed by atoms with van der Waals surface area (Å²) in [5, 5.41) is 0. The van der Waals surface area contributed by atoms with Gasteiger partial charge in [0.1, 0.15) is 0 Å². The molecule has 21 heteroatoms. The first-order valence-electron chi connectivity index (χ1n) is 14.9. The molecule has 54 heavy (non-hydrogen) atoms. The normalized spacial score (nSPS) is 12.7. The molecule has 0 aliphatic heterocycles. The van der Waals surface area contributed by atoms with E-state index < -0.39 is 170 Å². The number of hydrogen-bond donors (Lipinski definition) is 0. The van der Waals surface area contributed by atoms with Crippen LogP contribution in [0.1, 0.15) is 61.4 Å². The minimum atomic E-state index is -5.29. The second-order valence-electron chi connectivity index (χ2n) is 11.5. The molecule has 0 fully saturated rings. The third-order valence-corrected chi connectivity index (χ3v) is 8.45. The zero-order valence-electron chi connectivity index (χ0n) is 26.6. The van der Waals surface area contributed by atoms with E-state index in [4.69, 9.17) is 0 Å². The molecule has 4 aromatic carbocycles. The molecule has 0 spiro atoms. The van der Waals surface area contributed by atoms with Gasteiger partial charge < -0.3 is 0 Å². The molecule has 4 rings (SSSR count). The highest BCUT2D eigenvalue weighted by molar-refractivity contribution is 5.55. The summed E-state index contributed by atoms with van der Waals surface area (Å²) in [5.74, 6) is -64.8. The van der Waals surface area contributed by atoms with Crippen molar-refractivity contribution in [3.63, 3.8) is 0 Å². The van der Waals surface area contributed by atoms with Gasteiger partial charge in [-0.25, -0.2) is 87.8 Å². The first-order chi connectivity index (χ1) is 25.1.